The van der Waals surface area contributed by atoms with Crippen molar-refractivity contribution in [2.45, 2.75) is 18.9 Å². The van der Waals surface area contributed by atoms with Crippen molar-refractivity contribution in [3.8, 4) is 11.4 Å². The van der Waals surface area contributed by atoms with E-state index in [0.29, 0.717) is 12.8 Å². The van der Waals surface area contributed by atoms with Gasteiger partial charge in [-0.2, -0.15) is 5.10 Å². The van der Waals surface area contributed by atoms with E-state index in [0.717, 1.165) is 28.4 Å². The third-order valence-electron chi connectivity index (χ3n) is 5.17. The van der Waals surface area contributed by atoms with Crippen molar-refractivity contribution in [3.63, 3.8) is 0 Å². The van der Waals surface area contributed by atoms with Crippen molar-refractivity contribution in [2.75, 3.05) is 7.11 Å². The SMILES string of the molecule is COc1ccc(C(NC(=O)CCc2cnn(-c3ccccc3)c2)c2nccn2C)cc1. The summed E-state index contributed by atoms with van der Waals surface area (Å²) in [4.78, 5) is 17.3. The van der Waals surface area contributed by atoms with E-state index in [1.165, 1.54) is 0 Å². The smallest absolute Gasteiger partial charge is 0.221 e. The minimum atomic E-state index is -0.342. The van der Waals surface area contributed by atoms with Crippen LogP contribution in [0.3, 0.4) is 0 Å². The molecule has 31 heavy (non-hydrogen) atoms. The number of para-hydroxylation sites is 1. The lowest BCUT2D eigenvalue weighted by Gasteiger charge is -2.19. The average molecular weight is 415 g/mol. The van der Waals surface area contributed by atoms with Crippen LogP contribution < -0.4 is 10.1 Å². The van der Waals surface area contributed by atoms with E-state index in [9.17, 15) is 4.79 Å². The topological polar surface area (TPSA) is 74.0 Å². The van der Waals surface area contributed by atoms with Gasteiger partial charge in [0.2, 0.25) is 5.91 Å². The Labute approximate surface area is 181 Å². The Bertz CT molecular complexity index is 1130. The summed E-state index contributed by atoms with van der Waals surface area (Å²) < 4.78 is 8.99. The lowest BCUT2D eigenvalue weighted by atomic mass is 10.1. The van der Waals surface area contributed by atoms with Gasteiger partial charge in [0.25, 0.3) is 0 Å². The first-order valence-corrected chi connectivity index (χ1v) is 10.1. The number of hydrogen-bond acceptors (Lipinski definition) is 4. The molecule has 1 amide bonds. The summed E-state index contributed by atoms with van der Waals surface area (Å²) in [6.07, 6.45) is 8.33. The van der Waals surface area contributed by atoms with E-state index in [1.54, 1.807) is 19.5 Å². The largest absolute Gasteiger partial charge is 0.497 e. The third kappa shape index (κ3) is 4.83. The molecule has 0 spiro atoms. The van der Waals surface area contributed by atoms with Gasteiger partial charge in [-0.15, -0.1) is 0 Å². The monoisotopic (exact) mass is 415 g/mol. The van der Waals surface area contributed by atoms with Crippen molar-refractivity contribution in [3.05, 3.63) is 96.3 Å². The molecule has 0 aliphatic rings. The summed E-state index contributed by atoms with van der Waals surface area (Å²) in [5, 5.41) is 7.53. The van der Waals surface area contributed by atoms with Crippen LogP contribution in [0, 0.1) is 0 Å². The Balaban J connectivity index is 1.44. The van der Waals surface area contributed by atoms with Crippen molar-refractivity contribution in [2.24, 2.45) is 7.05 Å². The quantitative estimate of drug-likeness (QED) is 0.478. The second-order valence-electron chi connectivity index (χ2n) is 7.30. The van der Waals surface area contributed by atoms with Gasteiger partial charge in [0.1, 0.15) is 17.6 Å². The molecule has 7 nitrogen and oxygen atoms in total. The van der Waals surface area contributed by atoms with Gasteiger partial charge in [0.05, 0.1) is 19.0 Å². The Morgan fingerprint density at radius 1 is 1.13 bits per heavy atom. The molecule has 4 aromatic rings. The fraction of sp³-hybridized carbons (Fsp3) is 0.208. The minimum Gasteiger partial charge on any atom is -0.497 e. The van der Waals surface area contributed by atoms with E-state index in [1.807, 2.05) is 83.3 Å². The number of amides is 1. The zero-order valence-electron chi connectivity index (χ0n) is 17.6. The van der Waals surface area contributed by atoms with Gasteiger partial charge in [-0.05, 0) is 41.8 Å². The lowest BCUT2D eigenvalue weighted by molar-refractivity contribution is -0.121. The number of carbonyl (C=O) groups is 1. The number of ether oxygens (including phenoxy) is 1. The number of methoxy groups -OCH3 is 1. The Morgan fingerprint density at radius 3 is 2.58 bits per heavy atom. The molecular weight excluding hydrogens is 390 g/mol. The number of hydrogen-bond donors (Lipinski definition) is 1. The van der Waals surface area contributed by atoms with Crippen molar-refractivity contribution < 1.29 is 9.53 Å². The van der Waals surface area contributed by atoms with Crippen LogP contribution in [0.15, 0.2) is 79.4 Å². The van der Waals surface area contributed by atoms with Crippen molar-refractivity contribution in [1.29, 1.82) is 0 Å². The number of imidazole rings is 1. The maximum atomic E-state index is 12.8. The lowest BCUT2D eigenvalue weighted by Crippen LogP contribution is -2.31. The minimum absolute atomic E-state index is 0.0451. The van der Waals surface area contributed by atoms with Gasteiger partial charge in [0, 0.05) is 32.1 Å². The molecule has 0 aliphatic heterocycles. The molecule has 0 fully saturated rings. The van der Waals surface area contributed by atoms with Gasteiger partial charge in [-0.25, -0.2) is 9.67 Å². The van der Waals surface area contributed by atoms with Crippen LogP contribution in [-0.4, -0.2) is 32.3 Å². The summed E-state index contributed by atoms with van der Waals surface area (Å²) in [6.45, 7) is 0. The van der Waals surface area contributed by atoms with Gasteiger partial charge in [-0.1, -0.05) is 30.3 Å². The molecule has 158 valence electrons. The predicted molar refractivity (Wildman–Crippen MR) is 118 cm³/mol. The summed E-state index contributed by atoms with van der Waals surface area (Å²) in [7, 11) is 3.55. The first-order valence-electron chi connectivity index (χ1n) is 10.1. The molecule has 7 heteroatoms. The van der Waals surface area contributed by atoms with E-state index in [2.05, 4.69) is 15.4 Å². The van der Waals surface area contributed by atoms with E-state index < -0.39 is 0 Å². The van der Waals surface area contributed by atoms with Gasteiger partial charge in [-0.3, -0.25) is 4.79 Å². The molecule has 0 saturated carbocycles. The highest BCUT2D eigenvalue weighted by molar-refractivity contribution is 5.77. The fourth-order valence-electron chi connectivity index (χ4n) is 3.45. The fourth-order valence-corrected chi connectivity index (χ4v) is 3.45. The van der Waals surface area contributed by atoms with Gasteiger partial charge >= 0.3 is 0 Å². The number of aromatic nitrogens is 4. The predicted octanol–water partition coefficient (Wildman–Crippen LogP) is 3.45. The molecule has 0 aliphatic carbocycles. The summed E-state index contributed by atoms with van der Waals surface area (Å²) in [6, 6.07) is 17.2. The highest BCUT2D eigenvalue weighted by Crippen LogP contribution is 2.23. The summed E-state index contributed by atoms with van der Waals surface area (Å²) >= 11 is 0. The molecule has 4 rings (SSSR count). The van der Waals surface area contributed by atoms with Crippen LogP contribution in [0.1, 0.15) is 29.4 Å². The molecule has 1 N–H and O–H groups in total. The Hall–Kier alpha value is -3.87. The number of benzene rings is 2. The Morgan fingerprint density at radius 2 is 1.90 bits per heavy atom. The third-order valence-corrected chi connectivity index (χ3v) is 5.17. The number of rotatable bonds is 8. The maximum absolute atomic E-state index is 12.8. The first kappa shape index (κ1) is 20.4. The van der Waals surface area contributed by atoms with Crippen molar-refractivity contribution >= 4 is 5.91 Å². The molecule has 2 aromatic heterocycles. The molecule has 0 saturated heterocycles. The maximum Gasteiger partial charge on any atom is 0.221 e. The number of nitrogens with one attached hydrogen (secondary N) is 1. The second kappa shape index (κ2) is 9.30. The van der Waals surface area contributed by atoms with Gasteiger partial charge < -0.3 is 14.6 Å². The van der Waals surface area contributed by atoms with Gasteiger partial charge in [0.15, 0.2) is 0 Å². The van der Waals surface area contributed by atoms with E-state index in [4.69, 9.17) is 4.74 Å². The van der Waals surface area contributed by atoms with E-state index in [-0.39, 0.29) is 11.9 Å². The highest BCUT2D eigenvalue weighted by atomic mass is 16.5. The number of aryl methyl sites for hydroxylation is 2. The van der Waals surface area contributed by atoms with Crippen LogP contribution >= 0.6 is 0 Å². The average Bonchev–Trinajstić information content (AvgIpc) is 3.46. The summed E-state index contributed by atoms with van der Waals surface area (Å²) in [5.74, 6) is 1.50. The standard InChI is InChI=1S/C24H25N5O2/c1-28-15-14-25-24(28)23(19-9-11-21(31-2)12-10-19)27-22(30)13-8-18-16-26-29(17-18)20-6-4-3-5-7-20/h3-7,9-12,14-17,23H,8,13H2,1-2H3,(H,27,30). The second-order valence-corrected chi connectivity index (χ2v) is 7.30. The normalized spacial score (nSPS) is 11.8. The Kier molecular flexibility index (Phi) is 6.12. The first-order chi connectivity index (χ1) is 15.1. The molecule has 2 aromatic carbocycles. The van der Waals surface area contributed by atoms with Crippen LogP contribution in [-0.2, 0) is 18.3 Å². The highest BCUT2D eigenvalue weighted by Gasteiger charge is 2.21. The van der Waals surface area contributed by atoms with Crippen LogP contribution in [0.4, 0.5) is 0 Å². The molecular formula is C24H25N5O2. The van der Waals surface area contributed by atoms with Crippen LogP contribution in [0.25, 0.3) is 5.69 Å². The zero-order valence-corrected chi connectivity index (χ0v) is 17.6. The molecule has 2 heterocycles. The molecule has 0 bridgehead atoms. The number of carbonyl (C=O) groups excluding carboxylic acids is 1. The number of nitrogens with zero attached hydrogens (tertiary/aromatic N) is 4. The summed E-state index contributed by atoms with van der Waals surface area (Å²) in [5.41, 5.74) is 2.95. The zero-order chi connectivity index (χ0) is 21.6. The molecule has 1 atom stereocenters. The van der Waals surface area contributed by atoms with Crippen LogP contribution in [0.2, 0.25) is 0 Å². The van der Waals surface area contributed by atoms with Crippen LogP contribution in [0.5, 0.6) is 5.75 Å². The molecule has 0 radical (unpaired) electrons. The van der Waals surface area contributed by atoms with Crippen molar-refractivity contribution in [1.82, 2.24) is 24.6 Å². The molecule has 1 unspecified atom stereocenters. The van der Waals surface area contributed by atoms with E-state index >= 15 is 0 Å².